The van der Waals surface area contributed by atoms with Gasteiger partial charge in [0.1, 0.15) is 0 Å². The Kier molecular flexibility index (Phi) is 9.58. The first-order valence-corrected chi connectivity index (χ1v) is 10.9. The second kappa shape index (κ2) is 12.5. The van der Waals surface area contributed by atoms with E-state index in [9.17, 15) is 0 Å². The van der Waals surface area contributed by atoms with Gasteiger partial charge in [0.25, 0.3) is 0 Å². The Bertz CT molecular complexity index is 496. The lowest BCUT2D eigenvalue weighted by molar-refractivity contribution is 0.0374. The van der Waals surface area contributed by atoms with Gasteiger partial charge in [-0.2, -0.15) is 0 Å². The van der Waals surface area contributed by atoms with Crippen molar-refractivity contribution < 1.29 is 4.74 Å². The molecule has 152 valence electrons. The Morgan fingerprint density at radius 2 is 1.30 bits per heavy atom. The Balaban J connectivity index is 1.21. The molecule has 27 heavy (non-hydrogen) atoms. The molecule has 0 saturated carbocycles. The molecule has 0 radical (unpaired) electrons. The van der Waals surface area contributed by atoms with Crippen LogP contribution < -0.4 is 10.6 Å². The topological polar surface area (TPSA) is 39.8 Å². The van der Waals surface area contributed by atoms with Crippen molar-refractivity contribution >= 4 is 0 Å². The lowest BCUT2D eigenvalue weighted by Gasteiger charge is -2.26. The van der Waals surface area contributed by atoms with E-state index < -0.39 is 0 Å². The Morgan fingerprint density at radius 1 is 0.704 bits per heavy atom. The minimum Gasteiger partial charge on any atom is -0.379 e. The Morgan fingerprint density at radius 3 is 1.96 bits per heavy atom. The predicted octanol–water partition coefficient (Wildman–Crippen LogP) is 2.07. The zero-order chi connectivity index (χ0) is 18.6. The maximum Gasteiger partial charge on any atom is 0.0594 e. The molecule has 0 bridgehead atoms. The fraction of sp³-hybridized carbons (Fsp3) is 0.727. The molecule has 0 amide bonds. The van der Waals surface area contributed by atoms with Crippen molar-refractivity contribution in [3.8, 4) is 0 Å². The van der Waals surface area contributed by atoms with Gasteiger partial charge < -0.3 is 20.3 Å². The van der Waals surface area contributed by atoms with Crippen molar-refractivity contribution in [2.75, 3.05) is 65.6 Å². The van der Waals surface area contributed by atoms with Gasteiger partial charge in [-0.15, -0.1) is 0 Å². The summed E-state index contributed by atoms with van der Waals surface area (Å²) < 4.78 is 5.39. The van der Waals surface area contributed by atoms with Gasteiger partial charge in [0.05, 0.1) is 13.2 Å². The van der Waals surface area contributed by atoms with Crippen LogP contribution in [0.15, 0.2) is 24.3 Å². The first-order chi connectivity index (χ1) is 13.4. The molecule has 2 fully saturated rings. The van der Waals surface area contributed by atoms with Crippen molar-refractivity contribution in [2.24, 2.45) is 0 Å². The molecule has 0 atom stereocenters. The first kappa shape index (κ1) is 20.7. The second-order valence-electron chi connectivity index (χ2n) is 7.88. The second-order valence-corrected chi connectivity index (χ2v) is 7.88. The number of piperidine rings is 1. The third-order valence-corrected chi connectivity index (χ3v) is 5.67. The van der Waals surface area contributed by atoms with E-state index in [0.717, 1.165) is 52.5 Å². The van der Waals surface area contributed by atoms with Gasteiger partial charge in [0.15, 0.2) is 0 Å². The molecule has 0 unspecified atom stereocenters. The van der Waals surface area contributed by atoms with E-state index in [4.69, 9.17) is 4.74 Å². The maximum absolute atomic E-state index is 5.39. The highest BCUT2D eigenvalue weighted by molar-refractivity contribution is 5.22. The molecule has 5 heteroatoms. The fourth-order valence-electron chi connectivity index (χ4n) is 3.91. The van der Waals surface area contributed by atoms with Gasteiger partial charge in [0.2, 0.25) is 0 Å². The average molecular weight is 375 g/mol. The van der Waals surface area contributed by atoms with Gasteiger partial charge in [-0.3, -0.25) is 4.90 Å². The smallest absolute Gasteiger partial charge is 0.0594 e. The van der Waals surface area contributed by atoms with Crippen LogP contribution in [0, 0.1) is 0 Å². The lowest BCUT2D eigenvalue weighted by atomic mass is 10.1. The highest BCUT2D eigenvalue weighted by Gasteiger charge is 2.09. The van der Waals surface area contributed by atoms with Crippen LogP contribution in [0.2, 0.25) is 0 Å². The summed E-state index contributed by atoms with van der Waals surface area (Å²) in [5.74, 6) is 0. The van der Waals surface area contributed by atoms with Crippen molar-refractivity contribution in [2.45, 2.75) is 38.8 Å². The van der Waals surface area contributed by atoms with Gasteiger partial charge >= 0.3 is 0 Å². The summed E-state index contributed by atoms with van der Waals surface area (Å²) in [5.41, 5.74) is 2.75. The number of hydrogen-bond donors (Lipinski definition) is 2. The number of morpholine rings is 1. The monoisotopic (exact) mass is 374 g/mol. The van der Waals surface area contributed by atoms with Crippen molar-refractivity contribution in [1.29, 1.82) is 0 Å². The summed E-state index contributed by atoms with van der Waals surface area (Å²) >= 11 is 0. The normalized spacial score (nSPS) is 19.4. The zero-order valence-corrected chi connectivity index (χ0v) is 16.9. The number of nitrogens with zero attached hydrogens (tertiary/aromatic N) is 2. The van der Waals surface area contributed by atoms with E-state index in [0.29, 0.717) is 0 Å². The van der Waals surface area contributed by atoms with Crippen LogP contribution in [0.3, 0.4) is 0 Å². The molecule has 0 aliphatic carbocycles. The molecule has 1 aromatic rings. The molecular weight excluding hydrogens is 336 g/mol. The Labute approximate surface area is 165 Å². The average Bonchev–Trinajstić information content (AvgIpc) is 2.73. The zero-order valence-electron chi connectivity index (χ0n) is 16.9. The van der Waals surface area contributed by atoms with E-state index in [1.165, 1.54) is 63.0 Å². The van der Waals surface area contributed by atoms with E-state index >= 15 is 0 Å². The molecule has 2 aliphatic heterocycles. The molecule has 3 rings (SSSR count). The summed E-state index contributed by atoms with van der Waals surface area (Å²) in [4.78, 5) is 5.09. The van der Waals surface area contributed by atoms with Gasteiger partial charge in [-0.1, -0.05) is 30.7 Å². The van der Waals surface area contributed by atoms with Crippen LogP contribution in [-0.2, 0) is 17.8 Å². The first-order valence-electron chi connectivity index (χ1n) is 10.9. The SMILES string of the molecule is c1cc(CNCCN2CCCCC2)ccc1CNCCCN1CCOCC1. The van der Waals surface area contributed by atoms with Gasteiger partial charge in [0, 0.05) is 39.3 Å². The maximum atomic E-state index is 5.39. The quantitative estimate of drug-likeness (QED) is 0.580. The number of likely N-dealkylation sites (tertiary alicyclic amines) is 1. The standard InChI is InChI=1S/C22H38N4O/c1-2-11-25(12-3-1)14-10-24-20-22-7-5-21(6-8-22)19-23-9-4-13-26-15-17-27-18-16-26/h5-8,23-24H,1-4,9-20H2. The van der Waals surface area contributed by atoms with Gasteiger partial charge in [-0.25, -0.2) is 0 Å². The highest BCUT2D eigenvalue weighted by Crippen LogP contribution is 2.08. The minimum absolute atomic E-state index is 0.896. The molecule has 5 nitrogen and oxygen atoms in total. The molecule has 0 aromatic heterocycles. The van der Waals surface area contributed by atoms with E-state index in [-0.39, 0.29) is 0 Å². The molecule has 2 aliphatic rings. The van der Waals surface area contributed by atoms with Crippen LogP contribution in [0.1, 0.15) is 36.8 Å². The predicted molar refractivity (Wildman–Crippen MR) is 112 cm³/mol. The van der Waals surface area contributed by atoms with Crippen LogP contribution in [0.25, 0.3) is 0 Å². The minimum atomic E-state index is 0.896. The van der Waals surface area contributed by atoms with Gasteiger partial charge in [-0.05, 0) is 56.6 Å². The summed E-state index contributed by atoms with van der Waals surface area (Å²) in [6.45, 7) is 13.0. The largest absolute Gasteiger partial charge is 0.379 e. The van der Waals surface area contributed by atoms with Crippen molar-refractivity contribution in [1.82, 2.24) is 20.4 Å². The summed E-state index contributed by atoms with van der Waals surface area (Å²) in [6.07, 6.45) is 5.38. The van der Waals surface area contributed by atoms with E-state index in [2.05, 4.69) is 44.7 Å². The molecule has 2 saturated heterocycles. The summed E-state index contributed by atoms with van der Waals surface area (Å²) in [6, 6.07) is 9.05. The number of ether oxygens (including phenoxy) is 1. The van der Waals surface area contributed by atoms with Crippen LogP contribution >= 0.6 is 0 Å². The molecule has 0 spiro atoms. The van der Waals surface area contributed by atoms with Crippen molar-refractivity contribution in [3.63, 3.8) is 0 Å². The van der Waals surface area contributed by atoms with E-state index in [1.807, 2.05) is 0 Å². The van der Waals surface area contributed by atoms with Crippen LogP contribution in [-0.4, -0.2) is 75.4 Å². The highest BCUT2D eigenvalue weighted by atomic mass is 16.5. The van der Waals surface area contributed by atoms with Crippen molar-refractivity contribution in [3.05, 3.63) is 35.4 Å². The summed E-state index contributed by atoms with van der Waals surface area (Å²) in [7, 11) is 0. The van der Waals surface area contributed by atoms with Crippen LogP contribution in [0.5, 0.6) is 0 Å². The van der Waals surface area contributed by atoms with E-state index in [1.54, 1.807) is 0 Å². The third kappa shape index (κ3) is 8.28. The number of rotatable bonds is 11. The molecule has 2 N–H and O–H groups in total. The third-order valence-electron chi connectivity index (χ3n) is 5.67. The summed E-state index contributed by atoms with van der Waals surface area (Å²) in [5, 5.41) is 7.16. The fourth-order valence-corrected chi connectivity index (χ4v) is 3.91. The molecule has 1 aromatic carbocycles. The van der Waals surface area contributed by atoms with Crippen LogP contribution in [0.4, 0.5) is 0 Å². The lowest BCUT2D eigenvalue weighted by Crippen LogP contribution is -2.37. The Hall–Kier alpha value is -0.980. The number of nitrogens with one attached hydrogen (secondary N) is 2. The number of benzene rings is 1. The number of hydrogen-bond acceptors (Lipinski definition) is 5. The molecular formula is C22H38N4O. The molecule has 2 heterocycles.